The Morgan fingerprint density at radius 1 is 1.35 bits per heavy atom. The van der Waals surface area contributed by atoms with Gasteiger partial charge in [0, 0.05) is 17.9 Å². The van der Waals surface area contributed by atoms with Crippen LogP contribution in [-0.2, 0) is 14.9 Å². The van der Waals surface area contributed by atoms with Crippen molar-refractivity contribution in [2.45, 2.75) is 43.6 Å². The van der Waals surface area contributed by atoms with Gasteiger partial charge in [-0.05, 0) is 31.2 Å². The standard InChI is InChI=1S/C16H21NO3/c1-20-15(19)17-14-7-9-16(10-8-14,11-12-18)13-5-3-2-4-6-13/h2-6,12,14H,7-11H2,1H3,(H,17,19). The molecule has 1 saturated carbocycles. The maximum atomic E-state index is 11.2. The number of ether oxygens (including phenoxy) is 1. The van der Waals surface area contributed by atoms with Gasteiger partial charge < -0.3 is 14.8 Å². The number of methoxy groups -OCH3 is 1. The summed E-state index contributed by atoms with van der Waals surface area (Å²) in [6.07, 6.45) is 4.74. The molecule has 1 aromatic rings. The Bertz CT molecular complexity index is 450. The van der Waals surface area contributed by atoms with Crippen molar-refractivity contribution in [2.24, 2.45) is 0 Å². The lowest BCUT2D eigenvalue weighted by atomic mass is 9.66. The molecule has 0 aliphatic heterocycles. The van der Waals surface area contributed by atoms with Crippen molar-refractivity contribution in [3.63, 3.8) is 0 Å². The summed E-state index contributed by atoms with van der Waals surface area (Å²) >= 11 is 0. The van der Waals surface area contributed by atoms with Crippen molar-refractivity contribution >= 4 is 12.4 Å². The highest BCUT2D eigenvalue weighted by atomic mass is 16.5. The molecule has 20 heavy (non-hydrogen) atoms. The molecule has 108 valence electrons. The van der Waals surface area contributed by atoms with Gasteiger partial charge in [-0.2, -0.15) is 0 Å². The van der Waals surface area contributed by atoms with Crippen LogP contribution in [0.15, 0.2) is 30.3 Å². The van der Waals surface area contributed by atoms with Crippen LogP contribution in [0.1, 0.15) is 37.7 Å². The average Bonchev–Trinajstić information content (AvgIpc) is 2.50. The molecule has 1 aliphatic carbocycles. The van der Waals surface area contributed by atoms with E-state index in [1.54, 1.807) is 0 Å². The molecule has 0 aromatic heterocycles. The number of alkyl carbamates (subject to hydrolysis) is 1. The summed E-state index contributed by atoms with van der Waals surface area (Å²) in [5.41, 5.74) is 1.15. The van der Waals surface area contributed by atoms with Gasteiger partial charge in [0.1, 0.15) is 6.29 Å². The lowest BCUT2D eigenvalue weighted by molar-refractivity contribution is -0.109. The predicted octanol–water partition coefficient (Wildman–Crippen LogP) is 2.81. The summed E-state index contributed by atoms with van der Waals surface area (Å²) < 4.78 is 4.63. The second-order valence-corrected chi connectivity index (χ2v) is 5.43. The molecule has 0 unspecified atom stereocenters. The molecule has 4 heteroatoms. The van der Waals surface area contributed by atoms with Crippen LogP contribution >= 0.6 is 0 Å². The quantitative estimate of drug-likeness (QED) is 0.860. The van der Waals surface area contributed by atoms with Crippen LogP contribution in [0.2, 0.25) is 0 Å². The Labute approximate surface area is 119 Å². The minimum atomic E-state index is -0.377. The van der Waals surface area contributed by atoms with Crippen LogP contribution in [0.4, 0.5) is 4.79 Å². The third kappa shape index (κ3) is 3.18. The molecule has 0 spiro atoms. The van der Waals surface area contributed by atoms with Crippen molar-refractivity contribution in [2.75, 3.05) is 7.11 Å². The summed E-state index contributed by atoms with van der Waals surface area (Å²) in [7, 11) is 1.37. The lowest BCUT2D eigenvalue weighted by Crippen LogP contribution is -2.42. The molecule has 4 nitrogen and oxygen atoms in total. The Hall–Kier alpha value is -1.84. The molecular formula is C16H21NO3. The van der Waals surface area contributed by atoms with E-state index >= 15 is 0 Å². The van der Waals surface area contributed by atoms with E-state index < -0.39 is 0 Å². The van der Waals surface area contributed by atoms with Crippen LogP contribution < -0.4 is 5.32 Å². The molecular weight excluding hydrogens is 254 g/mol. The van der Waals surface area contributed by atoms with Gasteiger partial charge in [0.25, 0.3) is 0 Å². The summed E-state index contributed by atoms with van der Waals surface area (Å²) in [6.45, 7) is 0. The lowest BCUT2D eigenvalue weighted by Gasteiger charge is -2.39. The SMILES string of the molecule is COC(=O)NC1CCC(CC=O)(c2ccccc2)CC1. The highest BCUT2D eigenvalue weighted by Gasteiger charge is 2.36. The maximum absolute atomic E-state index is 11.2. The first-order valence-electron chi connectivity index (χ1n) is 7.04. The molecule has 1 amide bonds. The monoisotopic (exact) mass is 275 g/mol. The zero-order valence-corrected chi connectivity index (χ0v) is 11.8. The number of hydrogen-bond donors (Lipinski definition) is 1. The Balaban J connectivity index is 2.07. The van der Waals surface area contributed by atoms with Crippen LogP contribution in [0.5, 0.6) is 0 Å². The van der Waals surface area contributed by atoms with Gasteiger partial charge in [0.05, 0.1) is 7.11 Å². The van der Waals surface area contributed by atoms with Crippen molar-refractivity contribution in [3.8, 4) is 0 Å². The third-order valence-electron chi connectivity index (χ3n) is 4.31. The largest absolute Gasteiger partial charge is 0.453 e. The molecule has 1 N–H and O–H groups in total. The molecule has 1 fully saturated rings. The predicted molar refractivity (Wildman–Crippen MR) is 76.6 cm³/mol. The fourth-order valence-electron chi connectivity index (χ4n) is 3.10. The molecule has 0 saturated heterocycles. The normalized spacial score (nSPS) is 25.8. The number of aldehydes is 1. The number of amides is 1. The smallest absolute Gasteiger partial charge is 0.407 e. The molecule has 0 bridgehead atoms. The fourth-order valence-corrected chi connectivity index (χ4v) is 3.10. The van der Waals surface area contributed by atoms with E-state index in [1.165, 1.54) is 12.7 Å². The van der Waals surface area contributed by atoms with Crippen LogP contribution in [0, 0.1) is 0 Å². The second kappa shape index (κ2) is 6.55. The molecule has 0 atom stereocenters. The second-order valence-electron chi connectivity index (χ2n) is 5.43. The highest BCUT2D eigenvalue weighted by Crippen LogP contribution is 2.41. The Morgan fingerprint density at radius 3 is 2.55 bits per heavy atom. The van der Waals surface area contributed by atoms with E-state index in [2.05, 4.69) is 22.2 Å². The fraction of sp³-hybridized carbons (Fsp3) is 0.500. The van der Waals surface area contributed by atoms with Gasteiger partial charge in [0.2, 0.25) is 0 Å². The third-order valence-corrected chi connectivity index (χ3v) is 4.31. The van der Waals surface area contributed by atoms with E-state index in [0.29, 0.717) is 6.42 Å². The van der Waals surface area contributed by atoms with Gasteiger partial charge in [0.15, 0.2) is 0 Å². The van der Waals surface area contributed by atoms with Crippen molar-refractivity contribution < 1.29 is 14.3 Å². The Morgan fingerprint density at radius 2 is 2.00 bits per heavy atom. The number of hydrogen-bond acceptors (Lipinski definition) is 3. The van der Waals surface area contributed by atoms with Gasteiger partial charge in [-0.15, -0.1) is 0 Å². The van der Waals surface area contributed by atoms with Crippen LogP contribution in [0.25, 0.3) is 0 Å². The number of carbonyl (C=O) groups is 2. The molecule has 2 rings (SSSR count). The van der Waals surface area contributed by atoms with Gasteiger partial charge >= 0.3 is 6.09 Å². The zero-order valence-electron chi connectivity index (χ0n) is 11.8. The van der Waals surface area contributed by atoms with E-state index in [-0.39, 0.29) is 17.6 Å². The van der Waals surface area contributed by atoms with Crippen molar-refractivity contribution in [1.29, 1.82) is 0 Å². The molecule has 0 radical (unpaired) electrons. The number of carbonyl (C=O) groups excluding carboxylic acids is 2. The highest BCUT2D eigenvalue weighted by molar-refractivity contribution is 5.67. The van der Waals surface area contributed by atoms with Crippen LogP contribution in [0.3, 0.4) is 0 Å². The first kappa shape index (κ1) is 14.6. The van der Waals surface area contributed by atoms with E-state index in [0.717, 1.165) is 32.0 Å². The minimum Gasteiger partial charge on any atom is -0.453 e. The summed E-state index contributed by atoms with van der Waals surface area (Å²) in [4.78, 5) is 22.3. The first-order chi connectivity index (χ1) is 9.70. The average molecular weight is 275 g/mol. The van der Waals surface area contributed by atoms with Crippen molar-refractivity contribution in [3.05, 3.63) is 35.9 Å². The number of benzene rings is 1. The minimum absolute atomic E-state index is 0.0721. The number of nitrogens with one attached hydrogen (secondary N) is 1. The Kier molecular flexibility index (Phi) is 4.77. The van der Waals surface area contributed by atoms with E-state index in [9.17, 15) is 9.59 Å². The van der Waals surface area contributed by atoms with Crippen molar-refractivity contribution in [1.82, 2.24) is 5.32 Å². The van der Waals surface area contributed by atoms with Crippen LogP contribution in [-0.4, -0.2) is 25.5 Å². The topological polar surface area (TPSA) is 55.4 Å². The van der Waals surface area contributed by atoms with E-state index in [4.69, 9.17) is 0 Å². The van der Waals surface area contributed by atoms with Gasteiger partial charge in [-0.1, -0.05) is 30.3 Å². The molecule has 1 aliphatic rings. The van der Waals surface area contributed by atoms with Gasteiger partial charge in [-0.3, -0.25) is 0 Å². The zero-order chi connectivity index (χ0) is 14.4. The van der Waals surface area contributed by atoms with Gasteiger partial charge in [-0.25, -0.2) is 4.79 Å². The summed E-state index contributed by atoms with van der Waals surface area (Å²) in [5.74, 6) is 0. The molecule has 1 aromatic carbocycles. The summed E-state index contributed by atoms with van der Waals surface area (Å²) in [6, 6.07) is 10.4. The first-order valence-corrected chi connectivity index (χ1v) is 7.04. The number of rotatable bonds is 4. The molecule has 0 heterocycles. The summed E-state index contributed by atoms with van der Waals surface area (Å²) in [5, 5.41) is 2.85. The van der Waals surface area contributed by atoms with E-state index in [1.807, 2.05) is 18.2 Å². The maximum Gasteiger partial charge on any atom is 0.407 e.